The van der Waals surface area contributed by atoms with Crippen molar-refractivity contribution in [3.05, 3.63) is 41.2 Å². The molecule has 0 saturated heterocycles. The summed E-state index contributed by atoms with van der Waals surface area (Å²) in [4.78, 5) is 0. The van der Waals surface area contributed by atoms with Crippen molar-refractivity contribution in [3.63, 3.8) is 0 Å². The Hall–Kier alpha value is -1.81. The van der Waals surface area contributed by atoms with Gasteiger partial charge in [-0.3, -0.25) is 4.68 Å². The van der Waals surface area contributed by atoms with Crippen LogP contribution in [0.2, 0.25) is 0 Å². The number of rotatable bonds is 5. The first-order chi connectivity index (χ1) is 9.56. The number of aromatic nitrogens is 2. The van der Waals surface area contributed by atoms with Gasteiger partial charge < -0.3 is 10.1 Å². The molecule has 0 radical (unpaired) electrons. The molecule has 0 aliphatic rings. The summed E-state index contributed by atoms with van der Waals surface area (Å²) in [6.07, 6.45) is 1.07. The summed E-state index contributed by atoms with van der Waals surface area (Å²) in [6.45, 7) is 6.15. The van der Waals surface area contributed by atoms with Gasteiger partial charge in [0.2, 0.25) is 0 Å². The molecule has 0 aliphatic heterocycles. The minimum atomic E-state index is 0.394. The molecule has 0 bridgehead atoms. The third-order valence-electron chi connectivity index (χ3n) is 3.70. The van der Waals surface area contributed by atoms with Crippen molar-refractivity contribution in [2.24, 2.45) is 7.05 Å². The Morgan fingerprint density at radius 2 is 1.90 bits per heavy atom. The van der Waals surface area contributed by atoms with Crippen molar-refractivity contribution in [3.8, 4) is 11.5 Å². The summed E-state index contributed by atoms with van der Waals surface area (Å²) in [5.74, 6) is 1.69. The molecule has 4 heteroatoms. The second kappa shape index (κ2) is 6.09. The highest BCUT2D eigenvalue weighted by Crippen LogP contribution is 2.29. The number of benzene rings is 1. The average molecular weight is 273 g/mol. The largest absolute Gasteiger partial charge is 0.453 e. The standard InChI is InChI=1S/C16H23N3O/c1-6-15(17-4)13-7-9-14(10-8-13)20-16-11(2)18-19(5)12(16)3/h7-10,15,17H,6H2,1-5H3. The van der Waals surface area contributed by atoms with E-state index in [-0.39, 0.29) is 0 Å². The first-order valence-corrected chi connectivity index (χ1v) is 7.02. The molecule has 1 heterocycles. The van der Waals surface area contributed by atoms with Crippen LogP contribution in [0.1, 0.15) is 36.3 Å². The third kappa shape index (κ3) is 2.85. The van der Waals surface area contributed by atoms with Crippen LogP contribution < -0.4 is 10.1 Å². The number of hydrogen-bond donors (Lipinski definition) is 1. The van der Waals surface area contributed by atoms with E-state index >= 15 is 0 Å². The van der Waals surface area contributed by atoms with E-state index in [4.69, 9.17) is 4.74 Å². The number of nitrogens with one attached hydrogen (secondary N) is 1. The molecule has 1 aromatic carbocycles. The van der Waals surface area contributed by atoms with E-state index < -0.39 is 0 Å². The van der Waals surface area contributed by atoms with E-state index in [9.17, 15) is 0 Å². The van der Waals surface area contributed by atoms with E-state index in [0.29, 0.717) is 6.04 Å². The molecule has 20 heavy (non-hydrogen) atoms. The highest BCUT2D eigenvalue weighted by Gasteiger charge is 2.12. The highest BCUT2D eigenvalue weighted by molar-refractivity contribution is 5.38. The Labute approximate surface area is 120 Å². The van der Waals surface area contributed by atoms with Crippen LogP contribution in [0.4, 0.5) is 0 Å². The van der Waals surface area contributed by atoms with E-state index in [1.54, 1.807) is 0 Å². The van der Waals surface area contributed by atoms with Crippen LogP contribution in [-0.2, 0) is 7.05 Å². The minimum Gasteiger partial charge on any atom is -0.453 e. The minimum absolute atomic E-state index is 0.394. The Balaban J connectivity index is 2.19. The number of nitrogens with zero attached hydrogens (tertiary/aromatic N) is 2. The summed E-state index contributed by atoms with van der Waals surface area (Å²) in [5.41, 5.74) is 3.23. The van der Waals surface area contributed by atoms with Gasteiger partial charge in [0.25, 0.3) is 0 Å². The smallest absolute Gasteiger partial charge is 0.171 e. The average Bonchev–Trinajstić information content (AvgIpc) is 2.68. The molecule has 0 amide bonds. The topological polar surface area (TPSA) is 39.1 Å². The van der Waals surface area contributed by atoms with Gasteiger partial charge in [0.1, 0.15) is 11.4 Å². The van der Waals surface area contributed by atoms with Crippen LogP contribution in [0, 0.1) is 13.8 Å². The molecule has 2 aromatic rings. The molecule has 0 fully saturated rings. The number of hydrogen-bond acceptors (Lipinski definition) is 3. The van der Waals surface area contributed by atoms with Gasteiger partial charge in [-0.2, -0.15) is 5.10 Å². The lowest BCUT2D eigenvalue weighted by molar-refractivity contribution is 0.473. The van der Waals surface area contributed by atoms with Gasteiger partial charge in [-0.1, -0.05) is 19.1 Å². The first kappa shape index (κ1) is 14.6. The van der Waals surface area contributed by atoms with Gasteiger partial charge in [0.05, 0.1) is 5.69 Å². The van der Waals surface area contributed by atoms with Crippen molar-refractivity contribution < 1.29 is 4.74 Å². The summed E-state index contributed by atoms with van der Waals surface area (Å²) in [5, 5.41) is 7.67. The maximum Gasteiger partial charge on any atom is 0.171 e. The Kier molecular flexibility index (Phi) is 4.45. The fourth-order valence-electron chi connectivity index (χ4n) is 2.39. The molecule has 0 aliphatic carbocycles. The Morgan fingerprint density at radius 1 is 1.25 bits per heavy atom. The zero-order chi connectivity index (χ0) is 14.7. The summed E-state index contributed by atoms with van der Waals surface area (Å²) in [6, 6.07) is 8.65. The predicted molar refractivity (Wildman–Crippen MR) is 81.3 cm³/mol. The van der Waals surface area contributed by atoms with Crippen LogP contribution in [0.15, 0.2) is 24.3 Å². The summed E-state index contributed by atoms with van der Waals surface area (Å²) >= 11 is 0. The van der Waals surface area contributed by atoms with Crippen molar-refractivity contribution in [1.29, 1.82) is 0 Å². The van der Waals surface area contributed by atoms with Gasteiger partial charge in [-0.15, -0.1) is 0 Å². The molecule has 4 nitrogen and oxygen atoms in total. The lowest BCUT2D eigenvalue weighted by Gasteiger charge is -2.14. The van der Waals surface area contributed by atoms with Crippen molar-refractivity contribution in [1.82, 2.24) is 15.1 Å². The fourth-order valence-corrected chi connectivity index (χ4v) is 2.39. The van der Waals surface area contributed by atoms with Crippen LogP contribution in [-0.4, -0.2) is 16.8 Å². The SMILES string of the molecule is CCC(NC)c1ccc(Oc2c(C)nn(C)c2C)cc1. The van der Waals surface area contributed by atoms with E-state index in [1.165, 1.54) is 5.56 Å². The van der Waals surface area contributed by atoms with Crippen molar-refractivity contribution in [2.45, 2.75) is 33.2 Å². The first-order valence-electron chi connectivity index (χ1n) is 7.02. The van der Waals surface area contributed by atoms with Gasteiger partial charge >= 0.3 is 0 Å². The number of aryl methyl sites for hydroxylation is 2. The molecular formula is C16H23N3O. The Bertz CT molecular complexity index is 568. The molecule has 1 N–H and O–H groups in total. The van der Waals surface area contributed by atoms with Crippen molar-refractivity contribution >= 4 is 0 Å². The molecule has 2 rings (SSSR count). The lowest BCUT2D eigenvalue weighted by atomic mass is 10.0. The molecule has 1 unspecified atom stereocenters. The van der Waals surface area contributed by atoms with Crippen LogP contribution in [0.5, 0.6) is 11.5 Å². The third-order valence-corrected chi connectivity index (χ3v) is 3.70. The quantitative estimate of drug-likeness (QED) is 0.906. The normalized spacial score (nSPS) is 12.4. The summed E-state index contributed by atoms with van der Waals surface area (Å²) in [7, 11) is 3.91. The maximum atomic E-state index is 5.96. The van der Waals surface area contributed by atoms with E-state index in [1.807, 2.05) is 44.8 Å². The second-order valence-electron chi connectivity index (χ2n) is 5.04. The maximum absolute atomic E-state index is 5.96. The summed E-state index contributed by atoms with van der Waals surface area (Å²) < 4.78 is 7.80. The highest BCUT2D eigenvalue weighted by atomic mass is 16.5. The molecule has 1 aromatic heterocycles. The van der Waals surface area contributed by atoms with E-state index in [0.717, 1.165) is 29.3 Å². The van der Waals surface area contributed by atoms with Gasteiger partial charge in [-0.25, -0.2) is 0 Å². The monoisotopic (exact) mass is 273 g/mol. The molecule has 108 valence electrons. The second-order valence-corrected chi connectivity index (χ2v) is 5.04. The molecule has 0 spiro atoms. The van der Waals surface area contributed by atoms with Crippen LogP contribution >= 0.6 is 0 Å². The lowest BCUT2D eigenvalue weighted by Crippen LogP contribution is -2.14. The molecule has 1 atom stereocenters. The van der Waals surface area contributed by atoms with Gasteiger partial charge in [0, 0.05) is 13.1 Å². The number of ether oxygens (including phenoxy) is 1. The van der Waals surface area contributed by atoms with Gasteiger partial charge in [-0.05, 0) is 45.0 Å². The van der Waals surface area contributed by atoms with Crippen LogP contribution in [0.25, 0.3) is 0 Å². The van der Waals surface area contributed by atoms with Crippen LogP contribution in [0.3, 0.4) is 0 Å². The van der Waals surface area contributed by atoms with E-state index in [2.05, 4.69) is 29.5 Å². The molecular weight excluding hydrogens is 250 g/mol. The fraction of sp³-hybridized carbons (Fsp3) is 0.438. The Morgan fingerprint density at radius 3 is 2.35 bits per heavy atom. The van der Waals surface area contributed by atoms with Crippen molar-refractivity contribution in [2.75, 3.05) is 7.05 Å². The predicted octanol–water partition coefficient (Wildman–Crippen LogP) is 3.50. The molecule has 0 saturated carbocycles. The van der Waals surface area contributed by atoms with Gasteiger partial charge in [0.15, 0.2) is 5.75 Å². The zero-order valence-corrected chi connectivity index (χ0v) is 12.9. The zero-order valence-electron chi connectivity index (χ0n) is 12.9.